The van der Waals surface area contributed by atoms with Crippen LogP contribution < -0.4 is 4.74 Å². The van der Waals surface area contributed by atoms with Crippen LogP contribution in [-0.4, -0.2) is 40.7 Å². The van der Waals surface area contributed by atoms with Gasteiger partial charge in [-0.2, -0.15) is 0 Å². The Morgan fingerprint density at radius 3 is 2.57 bits per heavy atom. The Labute approximate surface area is 134 Å². The predicted molar refractivity (Wildman–Crippen MR) is 83.0 cm³/mol. The van der Waals surface area contributed by atoms with Gasteiger partial charge in [0.25, 0.3) is 5.91 Å². The topological polar surface area (TPSA) is 49.8 Å². The highest BCUT2D eigenvalue weighted by Crippen LogP contribution is 2.29. The second-order valence-corrected chi connectivity index (χ2v) is 6.50. The van der Waals surface area contributed by atoms with Gasteiger partial charge in [-0.1, -0.05) is 23.2 Å². The molecule has 6 heteroatoms. The molecule has 1 heterocycles. The van der Waals surface area contributed by atoms with Crippen molar-refractivity contribution in [2.24, 2.45) is 0 Å². The molecule has 0 aliphatic carbocycles. The van der Waals surface area contributed by atoms with Gasteiger partial charge < -0.3 is 14.7 Å². The summed E-state index contributed by atoms with van der Waals surface area (Å²) in [5, 5.41) is 10.8. The largest absolute Gasteiger partial charge is 0.479 e. The standard InChI is InChI=1S/C15H19Cl2NO3/c1-10(21-13-4-3-11(16)9-12(13)17)14(19)18-7-5-15(2,20)6-8-18/h3-4,9-10,20H,5-8H2,1-2H3. The molecule has 1 saturated heterocycles. The summed E-state index contributed by atoms with van der Waals surface area (Å²) in [7, 11) is 0. The van der Waals surface area contributed by atoms with Gasteiger partial charge in [0.05, 0.1) is 10.6 Å². The number of piperidine rings is 1. The van der Waals surface area contributed by atoms with E-state index in [1.54, 1.807) is 36.9 Å². The number of nitrogens with zero attached hydrogens (tertiary/aromatic N) is 1. The minimum atomic E-state index is -0.680. The Morgan fingerprint density at radius 2 is 2.00 bits per heavy atom. The van der Waals surface area contributed by atoms with Gasteiger partial charge in [0.15, 0.2) is 6.10 Å². The summed E-state index contributed by atoms with van der Waals surface area (Å²) in [6, 6.07) is 4.89. The maximum Gasteiger partial charge on any atom is 0.263 e. The molecule has 116 valence electrons. The number of halogens is 2. The number of hydrogen-bond donors (Lipinski definition) is 1. The predicted octanol–water partition coefficient (Wildman–Crippen LogP) is 3.13. The van der Waals surface area contributed by atoms with E-state index in [1.165, 1.54) is 0 Å². The summed E-state index contributed by atoms with van der Waals surface area (Å²) in [4.78, 5) is 14.1. The summed E-state index contributed by atoms with van der Waals surface area (Å²) in [6.07, 6.45) is 0.520. The molecule has 1 aliphatic rings. The van der Waals surface area contributed by atoms with E-state index in [2.05, 4.69) is 0 Å². The zero-order valence-electron chi connectivity index (χ0n) is 12.1. The molecule has 0 radical (unpaired) electrons. The number of carbonyl (C=O) groups excluding carboxylic acids is 1. The van der Waals surface area contributed by atoms with E-state index in [0.717, 1.165) is 0 Å². The Morgan fingerprint density at radius 1 is 1.38 bits per heavy atom. The number of aliphatic hydroxyl groups is 1. The maximum atomic E-state index is 12.3. The highest BCUT2D eigenvalue weighted by molar-refractivity contribution is 6.35. The fourth-order valence-electron chi connectivity index (χ4n) is 2.28. The van der Waals surface area contributed by atoms with Gasteiger partial charge in [-0.3, -0.25) is 4.79 Å². The Hall–Kier alpha value is -0.970. The SMILES string of the molecule is CC(Oc1ccc(Cl)cc1Cl)C(=O)N1CCC(C)(O)CC1. The lowest BCUT2D eigenvalue weighted by atomic mass is 9.93. The Balaban J connectivity index is 1.97. The average Bonchev–Trinajstić information content (AvgIpc) is 2.41. The minimum Gasteiger partial charge on any atom is -0.479 e. The number of carbonyl (C=O) groups is 1. The molecule has 1 N–H and O–H groups in total. The third-order valence-electron chi connectivity index (χ3n) is 3.70. The van der Waals surface area contributed by atoms with Gasteiger partial charge in [-0.15, -0.1) is 0 Å². The van der Waals surface area contributed by atoms with E-state index in [4.69, 9.17) is 27.9 Å². The molecule has 0 aromatic heterocycles. The van der Waals surface area contributed by atoms with Crippen molar-refractivity contribution in [3.05, 3.63) is 28.2 Å². The van der Waals surface area contributed by atoms with Crippen LogP contribution >= 0.6 is 23.2 Å². The van der Waals surface area contributed by atoms with Crippen molar-refractivity contribution in [3.8, 4) is 5.75 Å². The van der Waals surface area contributed by atoms with E-state index in [9.17, 15) is 9.90 Å². The van der Waals surface area contributed by atoms with Gasteiger partial charge in [0.1, 0.15) is 5.75 Å². The van der Waals surface area contributed by atoms with Crippen molar-refractivity contribution in [2.75, 3.05) is 13.1 Å². The van der Waals surface area contributed by atoms with Gasteiger partial charge in [0.2, 0.25) is 0 Å². The molecule has 21 heavy (non-hydrogen) atoms. The van der Waals surface area contributed by atoms with Gasteiger partial charge in [0, 0.05) is 18.1 Å². The van der Waals surface area contributed by atoms with Crippen molar-refractivity contribution >= 4 is 29.1 Å². The fourth-order valence-corrected chi connectivity index (χ4v) is 2.73. The quantitative estimate of drug-likeness (QED) is 0.925. The van der Waals surface area contributed by atoms with E-state index < -0.39 is 11.7 Å². The highest BCUT2D eigenvalue weighted by atomic mass is 35.5. The van der Waals surface area contributed by atoms with Crippen LogP contribution in [0.15, 0.2) is 18.2 Å². The third-order valence-corrected chi connectivity index (χ3v) is 4.23. The summed E-state index contributed by atoms with van der Waals surface area (Å²) in [6.45, 7) is 4.56. The summed E-state index contributed by atoms with van der Waals surface area (Å²) >= 11 is 11.9. The summed E-state index contributed by atoms with van der Waals surface area (Å²) < 4.78 is 5.62. The fraction of sp³-hybridized carbons (Fsp3) is 0.533. The van der Waals surface area contributed by atoms with Crippen LogP contribution in [0.25, 0.3) is 0 Å². The van der Waals surface area contributed by atoms with E-state index in [-0.39, 0.29) is 5.91 Å². The Kier molecular flexibility index (Phi) is 5.02. The van der Waals surface area contributed by atoms with Crippen LogP contribution in [0.5, 0.6) is 5.75 Å². The molecule has 1 fully saturated rings. The minimum absolute atomic E-state index is 0.100. The van der Waals surface area contributed by atoms with Crippen LogP contribution in [0.2, 0.25) is 10.0 Å². The van der Waals surface area contributed by atoms with Crippen LogP contribution in [0.1, 0.15) is 26.7 Å². The molecule has 1 aliphatic heterocycles. The number of ether oxygens (including phenoxy) is 1. The molecule has 1 atom stereocenters. The van der Waals surface area contributed by atoms with E-state index in [0.29, 0.717) is 41.7 Å². The molecule has 0 spiro atoms. The maximum absolute atomic E-state index is 12.3. The van der Waals surface area contributed by atoms with Gasteiger partial charge in [-0.25, -0.2) is 0 Å². The number of hydrogen-bond acceptors (Lipinski definition) is 3. The summed E-state index contributed by atoms with van der Waals surface area (Å²) in [5.74, 6) is 0.336. The lowest BCUT2D eigenvalue weighted by Gasteiger charge is -2.36. The van der Waals surface area contributed by atoms with Crippen molar-refractivity contribution in [1.29, 1.82) is 0 Å². The number of likely N-dealkylation sites (tertiary alicyclic amines) is 1. The molecular weight excluding hydrogens is 313 g/mol. The van der Waals surface area contributed by atoms with Gasteiger partial charge in [-0.05, 0) is 44.9 Å². The van der Waals surface area contributed by atoms with Crippen molar-refractivity contribution < 1.29 is 14.6 Å². The average molecular weight is 332 g/mol. The highest BCUT2D eigenvalue weighted by Gasteiger charge is 2.32. The summed E-state index contributed by atoms with van der Waals surface area (Å²) in [5.41, 5.74) is -0.680. The van der Waals surface area contributed by atoms with E-state index in [1.807, 2.05) is 0 Å². The molecule has 0 bridgehead atoms. The van der Waals surface area contributed by atoms with Crippen LogP contribution in [-0.2, 0) is 4.79 Å². The van der Waals surface area contributed by atoms with Crippen molar-refractivity contribution in [1.82, 2.24) is 4.90 Å². The number of rotatable bonds is 3. The molecule has 1 unspecified atom stereocenters. The first kappa shape index (κ1) is 16.4. The smallest absolute Gasteiger partial charge is 0.263 e. The van der Waals surface area contributed by atoms with Crippen LogP contribution in [0.4, 0.5) is 0 Å². The lowest BCUT2D eigenvalue weighted by Crippen LogP contribution is -2.49. The molecular formula is C15H19Cl2NO3. The second-order valence-electron chi connectivity index (χ2n) is 5.66. The Bertz CT molecular complexity index is 524. The molecule has 2 rings (SSSR count). The first-order chi connectivity index (χ1) is 9.78. The molecule has 1 aromatic rings. The molecule has 1 aromatic carbocycles. The normalized spacial score (nSPS) is 19.2. The number of benzene rings is 1. The number of amides is 1. The second kappa shape index (κ2) is 6.42. The monoisotopic (exact) mass is 331 g/mol. The first-order valence-corrected chi connectivity index (χ1v) is 7.67. The van der Waals surface area contributed by atoms with Crippen LogP contribution in [0.3, 0.4) is 0 Å². The zero-order chi connectivity index (χ0) is 15.6. The van der Waals surface area contributed by atoms with E-state index >= 15 is 0 Å². The first-order valence-electron chi connectivity index (χ1n) is 6.91. The van der Waals surface area contributed by atoms with Crippen molar-refractivity contribution in [2.45, 2.75) is 38.4 Å². The molecule has 1 amide bonds. The van der Waals surface area contributed by atoms with Crippen molar-refractivity contribution in [3.63, 3.8) is 0 Å². The van der Waals surface area contributed by atoms with Gasteiger partial charge >= 0.3 is 0 Å². The zero-order valence-corrected chi connectivity index (χ0v) is 13.6. The third kappa shape index (κ3) is 4.25. The van der Waals surface area contributed by atoms with Crippen LogP contribution in [0, 0.1) is 0 Å². The molecule has 4 nitrogen and oxygen atoms in total. The lowest BCUT2D eigenvalue weighted by molar-refractivity contribution is -0.141. The molecule has 0 saturated carbocycles.